The van der Waals surface area contributed by atoms with Gasteiger partial charge in [0.1, 0.15) is 11.4 Å². The van der Waals surface area contributed by atoms with Crippen LogP contribution in [0.2, 0.25) is 0 Å². The minimum atomic E-state index is -0.374. The molecule has 130 valence electrons. The first-order chi connectivity index (χ1) is 12.1. The SMILES string of the molecule is COc1ncccc1C(=O)N1CCCC(C(=O)c2ccc(F)cc2)C1. The molecule has 0 bridgehead atoms. The van der Waals surface area contributed by atoms with Crippen molar-refractivity contribution < 1.29 is 18.7 Å². The zero-order chi connectivity index (χ0) is 17.8. The Morgan fingerprint density at radius 1 is 1.24 bits per heavy atom. The Morgan fingerprint density at radius 3 is 2.72 bits per heavy atom. The fourth-order valence-corrected chi connectivity index (χ4v) is 3.11. The molecule has 25 heavy (non-hydrogen) atoms. The first-order valence-corrected chi connectivity index (χ1v) is 8.18. The van der Waals surface area contributed by atoms with Crippen LogP contribution in [-0.4, -0.2) is 41.8 Å². The average molecular weight is 342 g/mol. The Bertz CT molecular complexity index is 776. The molecule has 1 aromatic heterocycles. The van der Waals surface area contributed by atoms with Gasteiger partial charge in [-0.1, -0.05) is 0 Å². The number of pyridine rings is 1. The Kier molecular flexibility index (Phi) is 5.07. The number of carbonyl (C=O) groups is 2. The third-order valence-electron chi connectivity index (χ3n) is 4.40. The fraction of sp³-hybridized carbons (Fsp3) is 0.316. The van der Waals surface area contributed by atoms with Crippen molar-refractivity contribution in [2.45, 2.75) is 12.8 Å². The quantitative estimate of drug-likeness (QED) is 0.802. The Labute approximate surface area is 145 Å². The molecule has 2 heterocycles. The van der Waals surface area contributed by atoms with Crippen LogP contribution in [0, 0.1) is 11.7 Å². The number of ether oxygens (including phenoxy) is 1. The third kappa shape index (κ3) is 3.68. The molecule has 1 aliphatic rings. The van der Waals surface area contributed by atoms with E-state index < -0.39 is 0 Å². The van der Waals surface area contributed by atoms with Gasteiger partial charge in [0.25, 0.3) is 5.91 Å². The first kappa shape index (κ1) is 17.1. The molecule has 2 aromatic rings. The molecule has 0 aliphatic carbocycles. The summed E-state index contributed by atoms with van der Waals surface area (Å²) < 4.78 is 18.2. The lowest BCUT2D eigenvalue weighted by atomic mass is 9.89. The van der Waals surface area contributed by atoms with Crippen molar-refractivity contribution >= 4 is 11.7 Å². The van der Waals surface area contributed by atoms with Gasteiger partial charge in [0.2, 0.25) is 5.88 Å². The lowest BCUT2D eigenvalue weighted by Gasteiger charge is -2.32. The van der Waals surface area contributed by atoms with E-state index in [0.29, 0.717) is 30.6 Å². The summed E-state index contributed by atoms with van der Waals surface area (Å²) in [6.45, 7) is 0.928. The zero-order valence-electron chi connectivity index (χ0n) is 13.9. The highest BCUT2D eigenvalue weighted by molar-refractivity contribution is 6.00. The second-order valence-corrected chi connectivity index (χ2v) is 6.02. The average Bonchev–Trinajstić information content (AvgIpc) is 2.67. The molecule has 1 aliphatic heterocycles. The van der Waals surface area contributed by atoms with Crippen molar-refractivity contribution in [2.75, 3.05) is 20.2 Å². The number of rotatable bonds is 4. The largest absolute Gasteiger partial charge is 0.480 e. The van der Waals surface area contributed by atoms with Gasteiger partial charge in [-0.2, -0.15) is 0 Å². The van der Waals surface area contributed by atoms with Crippen LogP contribution in [0.25, 0.3) is 0 Å². The molecule has 3 rings (SSSR count). The van der Waals surface area contributed by atoms with Crippen LogP contribution in [-0.2, 0) is 0 Å². The number of hydrogen-bond acceptors (Lipinski definition) is 4. The molecule has 0 N–H and O–H groups in total. The maximum atomic E-state index is 13.0. The smallest absolute Gasteiger partial charge is 0.259 e. The van der Waals surface area contributed by atoms with Gasteiger partial charge in [-0.25, -0.2) is 9.37 Å². The van der Waals surface area contributed by atoms with E-state index in [9.17, 15) is 14.0 Å². The normalized spacial score (nSPS) is 17.2. The standard InChI is InChI=1S/C19H19FN2O3/c1-25-18-16(5-2-10-21-18)19(24)22-11-3-4-14(12-22)17(23)13-6-8-15(20)9-7-13/h2,5-10,14H,3-4,11-12H2,1H3. The van der Waals surface area contributed by atoms with E-state index in [1.165, 1.54) is 31.4 Å². The van der Waals surface area contributed by atoms with Gasteiger partial charge in [0.05, 0.1) is 7.11 Å². The molecule has 1 amide bonds. The van der Waals surface area contributed by atoms with Crippen molar-refractivity contribution in [2.24, 2.45) is 5.92 Å². The highest BCUT2D eigenvalue weighted by atomic mass is 19.1. The number of amides is 1. The van der Waals surface area contributed by atoms with E-state index in [1.807, 2.05) is 0 Å². The number of likely N-dealkylation sites (tertiary alicyclic amines) is 1. The summed E-state index contributed by atoms with van der Waals surface area (Å²) in [7, 11) is 1.47. The third-order valence-corrected chi connectivity index (χ3v) is 4.40. The highest BCUT2D eigenvalue weighted by Crippen LogP contribution is 2.24. The number of methoxy groups -OCH3 is 1. The van der Waals surface area contributed by atoms with Crippen LogP contribution in [0.15, 0.2) is 42.6 Å². The predicted octanol–water partition coefficient (Wildman–Crippen LogP) is 2.96. The van der Waals surface area contributed by atoms with Gasteiger partial charge in [0.15, 0.2) is 5.78 Å². The van der Waals surface area contributed by atoms with Crippen LogP contribution in [0.5, 0.6) is 5.88 Å². The summed E-state index contributed by atoms with van der Waals surface area (Å²) in [5.41, 5.74) is 0.861. The highest BCUT2D eigenvalue weighted by Gasteiger charge is 2.30. The van der Waals surface area contributed by atoms with Gasteiger partial charge >= 0.3 is 0 Å². The van der Waals surface area contributed by atoms with Gasteiger partial charge in [0, 0.05) is 30.8 Å². The number of hydrogen-bond donors (Lipinski definition) is 0. The minimum Gasteiger partial charge on any atom is -0.480 e. The molecule has 6 heteroatoms. The van der Waals surface area contributed by atoms with Crippen LogP contribution in [0.3, 0.4) is 0 Å². The molecule has 1 unspecified atom stereocenters. The van der Waals surface area contributed by atoms with E-state index in [0.717, 1.165) is 6.42 Å². The lowest BCUT2D eigenvalue weighted by molar-refractivity contribution is 0.0633. The fourth-order valence-electron chi connectivity index (χ4n) is 3.11. The molecular weight excluding hydrogens is 323 g/mol. The summed E-state index contributed by atoms with van der Waals surface area (Å²) in [6, 6.07) is 8.88. The number of aromatic nitrogens is 1. The summed E-state index contributed by atoms with van der Waals surface area (Å²) >= 11 is 0. The van der Waals surface area contributed by atoms with Crippen molar-refractivity contribution in [3.05, 3.63) is 59.5 Å². The van der Waals surface area contributed by atoms with E-state index >= 15 is 0 Å². The Balaban J connectivity index is 1.75. The van der Waals surface area contributed by atoms with E-state index in [-0.39, 0.29) is 29.3 Å². The number of carbonyl (C=O) groups excluding carboxylic acids is 2. The van der Waals surface area contributed by atoms with Crippen LogP contribution < -0.4 is 4.74 Å². The molecule has 1 aromatic carbocycles. The maximum Gasteiger partial charge on any atom is 0.259 e. The number of halogens is 1. The minimum absolute atomic E-state index is 0.0596. The number of Topliss-reactive ketones (excluding diaryl/α,β-unsaturated/α-hetero) is 1. The first-order valence-electron chi connectivity index (χ1n) is 8.18. The topological polar surface area (TPSA) is 59.5 Å². The molecular formula is C19H19FN2O3. The summed E-state index contributed by atoms with van der Waals surface area (Å²) in [4.78, 5) is 31.1. The summed E-state index contributed by atoms with van der Waals surface area (Å²) in [5, 5.41) is 0. The van der Waals surface area contributed by atoms with Gasteiger partial charge < -0.3 is 9.64 Å². The van der Waals surface area contributed by atoms with Crippen LogP contribution in [0.1, 0.15) is 33.6 Å². The van der Waals surface area contributed by atoms with Crippen molar-refractivity contribution in [3.8, 4) is 5.88 Å². The number of benzene rings is 1. The molecule has 0 radical (unpaired) electrons. The molecule has 1 atom stereocenters. The molecule has 0 spiro atoms. The van der Waals surface area contributed by atoms with Gasteiger partial charge in [-0.05, 0) is 49.2 Å². The van der Waals surface area contributed by atoms with Gasteiger partial charge in [-0.15, -0.1) is 0 Å². The molecule has 1 saturated heterocycles. The van der Waals surface area contributed by atoms with Gasteiger partial charge in [-0.3, -0.25) is 9.59 Å². The van der Waals surface area contributed by atoms with Crippen molar-refractivity contribution in [3.63, 3.8) is 0 Å². The monoisotopic (exact) mass is 342 g/mol. The summed E-state index contributed by atoms with van der Waals surface area (Å²) in [5.74, 6) is -0.636. The van der Waals surface area contributed by atoms with E-state index in [2.05, 4.69) is 4.98 Å². The second kappa shape index (κ2) is 7.42. The van der Waals surface area contributed by atoms with Crippen LogP contribution in [0.4, 0.5) is 4.39 Å². The van der Waals surface area contributed by atoms with Crippen LogP contribution >= 0.6 is 0 Å². The Morgan fingerprint density at radius 2 is 2.00 bits per heavy atom. The molecule has 5 nitrogen and oxygen atoms in total. The predicted molar refractivity (Wildman–Crippen MR) is 90.1 cm³/mol. The number of piperidine rings is 1. The number of ketones is 1. The lowest BCUT2D eigenvalue weighted by Crippen LogP contribution is -2.42. The van der Waals surface area contributed by atoms with E-state index in [4.69, 9.17) is 4.74 Å². The Hall–Kier alpha value is -2.76. The molecule has 0 saturated carbocycles. The van der Waals surface area contributed by atoms with Crippen molar-refractivity contribution in [1.82, 2.24) is 9.88 Å². The second-order valence-electron chi connectivity index (χ2n) is 6.02. The molecule has 1 fully saturated rings. The van der Waals surface area contributed by atoms with E-state index in [1.54, 1.807) is 23.2 Å². The number of nitrogens with zero attached hydrogens (tertiary/aromatic N) is 2. The van der Waals surface area contributed by atoms with Crippen molar-refractivity contribution in [1.29, 1.82) is 0 Å². The maximum absolute atomic E-state index is 13.0. The zero-order valence-corrected chi connectivity index (χ0v) is 13.9. The summed E-state index contributed by atoms with van der Waals surface area (Å²) in [6.07, 6.45) is 3.02.